The standard InChI is InChI=1S/C50H52N4O/c1-32-22-33(2)24-39(23-32)53-31-52(30-46(53)48-34(3)14-13-15-35(48)4)38-25-37(50(8,9)10)26-41(28-38)55-40-18-19-43-42-16-11-12-17-44(42)54(45(43)29-40)47-27-36(20-21-51-47)49(5,6)7/h11-30H,31H2,1-10H3. The molecule has 278 valence electrons. The fourth-order valence-electron chi connectivity index (χ4n) is 8.03. The Kier molecular flexibility index (Phi) is 8.87. The second-order valence-corrected chi connectivity index (χ2v) is 17.4. The molecule has 0 bridgehead atoms. The molecule has 0 radical (unpaired) electrons. The molecular formula is C50H52N4O. The highest BCUT2D eigenvalue weighted by Gasteiger charge is 2.28. The molecule has 0 aliphatic carbocycles. The van der Waals surface area contributed by atoms with Gasteiger partial charge in [-0.15, -0.1) is 0 Å². The Balaban J connectivity index is 1.23. The predicted molar refractivity (Wildman–Crippen MR) is 232 cm³/mol. The van der Waals surface area contributed by atoms with Gasteiger partial charge in [0.2, 0.25) is 0 Å². The highest BCUT2D eigenvalue weighted by Crippen LogP contribution is 2.41. The Hall–Kier alpha value is -5.81. The number of para-hydroxylation sites is 1. The van der Waals surface area contributed by atoms with Crippen molar-refractivity contribution in [3.05, 3.63) is 161 Å². The van der Waals surface area contributed by atoms with Gasteiger partial charge in [0.05, 0.1) is 23.4 Å². The smallest absolute Gasteiger partial charge is 0.137 e. The number of hydrogen-bond acceptors (Lipinski definition) is 4. The number of benzene rings is 5. The van der Waals surface area contributed by atoms with Crippen LogP contribution in [0.1, 0.15) is 80.5 Å². The highest BCUT2D eigenvalue weighted by atomic mass is 16.5. The van der Waals surface area contributed by atoms with Crippen molar-refractivity contribution in [2.75, 3.05) is 16.5 Å². The number of rotatable bonds is 6. The summed E-state index contributed by atoms with van der Waals surface area (Å²) in [7, 11) is 0. The Morgan fingerprint density at radius 2 is 1.27 bits per heavy atom. The van der Waals surface area contributed by atoms with Crippen LogP contribution >= 0.6 is 0 Å². The van der Waals surface area contributed by atoms with E-state index in [0.717, 1.165) is 34.0 Å². The van der Waals surface area contributed by atoms with Crippen LogP contribution in [0.4, 0.5) is 11.4 Å². The number of aromatic nitrogens is 2. The number of fused-ring (bicyclic) bond motifs is 3. The Morgan fingerprint density at radius 3 is 1.98 bits per heavy atom. The average molecular weight is 725 g/mol. The first kappa shape index (κ1) is 36.2. The average Bonchev–Trinajstić information content (AvgIpc) is 3.70. The van der Waals surface area contributed by atoms with Gasteiger partial charge in [-0.25, -0.2) is 4.98 Å². The maximum absolute atomic E-state index is 6.89. The molecule has 0 amide bonds. The summed E-state index contributed by atoms with van der Waals surface area (Å²) < 4.78 is 9.16. The number of ether oxygens (including phenoxy) is 1. The molecule has 0 spiro atoms. The van der Waals surface area contributed by atoms with E-state index in [-0.39, 0.29) is 10.8 Å². The van der Waals surface area contributed by atoms with Crippen molar-refractivity contribution >= 4 is 38.9 Å². The summed E-state index contributed by atoms with van der Waals surface area (Å²) in [6.45, 7) is 23.0. The minimum absolute atomic E-state index is 0.000556. The van der Waals surface area contributed by atoms with Crippen molar-refractivity contribution in [1.29, 1.82) is 0 Å². The zero-order valence-electron chi connectivity index (χ0n) is 34.0. The minimum atomic E-state index is -0.0968. The van der Waals surface area contributed by atoms with Crippen LogP contribution in [0.25, 0.3) is 33.3 Å². The number of hydrogen-bond donors (Lipinski definition) is 0. The van der Waals surface area contributed by atoms with E-state index in [1.165, 1.54) is 61.1 Å². The monoisotopic (exact) mass is 724 g/mol. The maximum atomic E-state index is 6.89. The van der Waals surface area contributed by atoms with Crippen LogP contribution in [-0.4, -0.2) is 16.2 Å². The van der Waals surface area contributed by atoms with E-state index in [9.17, 15) is 0 Å². The largest absolute Gasteiger partial charge is 0.457 e. The molecule has 5 nitrogen and oxygen atoms in total. The van der Waals surface area contributed by atoms with Gasteiger partial charge in [0.1, 0.15) is 17.3 Å². The molecule has 0 atom stereocenters. The lowest BCUT2D eigenvalue weighted by atomic mass is 9.86. The first-order valence-electron chi connectivity index (χ1n) is 19.4. The Bertz CT molecular complexity index is 2590. The molecule has 0 fully saturated rings. The molecule has 2 aromatic heterocycles. The molecule has 0 N–H and O–H groups in total. The van der Waals surface area contributed by atoms with Gasteiger partial charge in [0, 0.05) is 52.2 Å². The van der Waals surface area contributed by atoms with Gasteiger partial charge in [-0.05, 0) is 127 Å². The van der Waals surface area contributed by atoms with E-state index < -0.39 is 0 Å². The summed E-state index contributed by atoms with van der Waals surface area (Å²) in [5.74, 6) is 2.50. The molecule has 0 unspecified atom stereocenters. The van der Waals surface area contributed by atoms with Crippen LogP contribution in [0.2, 0.25) is 0 Å². The minimum Gasteiger partial charge on any atom is -0.457 e. The Morgan fingerprint density at radius 1 is 0.582 bits per heavy atom. The molecule has 55 heavy (non-hydrogen) atoms. The van der Waals surface area contributed by atoms with E-state index in [1.807, 2.05) is 6.20 Å². The third-order valence-electron chi connectivity index (χ3n) is 10.9. The first-order valence-corrected chi connectivity index (χ1v) is 19.4. The third kappa shape index (κ3) is 6.89. The summed E-state index contributed by atoms with van der Waals surface area (Å²) >= 11 is 0. The maximum Gasteiger partial charge on any atom is 0.137 e. The van der Waals surface area contributed by atoms with Gasteiger partial charge in [0.15, 0.2) is 0 Å². The van der Waals surface area contributed by atoms with Crippen molar-refractivity contribution in [3.63, 3.8) is 0 Å². The van der Waals surface area contributed by atoms with Crippen molar-refractivity contribution in [1.82, 2.24) is 9.55 Å². The summed E-state index contributed by atoms with van der Waals surface area (Å²) in [5.41, 5.74) is 14.4. The van der Waals surface area contributed by atoms with E-state index in [0.29, 0.717) is 6.67 Å². The SMILES string of the molecule is Cc1cc(C)cc(N2CN(c3cc(Oc4ccc5c6ccccc6n(-c6cc(C(C)(C)C)ccn6)c5c4)cc(C(C)(C)C)c3)C=C2c2c(C)cccc2C)c1. The molecule has 3 heterocycles. The van der Waals surface area contributed by atoms with Crippen LogP contribution in [0.15, 0.2) is 122 Å². The van der Waals surface area contributed by atoms with Gasteiger partial charge >= 0.3 is 0 Å². The highest BCUT2D eigenvalue weighted by molar-refractivity contribution is 6.09. The van der Waals surface area contributed by atoms with E-state index in [2.05, 4.69) is 199 Å². The van der Waals surface area contributed by atoms with Crippen molar-refractivity contribution in [2.24, 2.45) is 0 Å². The molecule has 5 heteroatoms. The molecule has 1 aliphatic heterocycles. The van der Waals surface area contributed by atoms with Crippen molar-refractivity contribution < 1.29 is 4.74 Å². The van der Waals surface area contributed by atoms with E-state index in [4.69, 9.17) is 9.72 Å². The molecule has 8 rings (SSSR count). The number of nitrogens with zero attached hydrogens (tertiary/aromatic N) is 4. The fourth-order valence-corrected chi connectivity index (χ4v) is 8.03. The normalized spacial score (nSPS) is 13.6. The van der Waals surface area contributed by atoms with Gasteiger partial charge in [-0.1, -0.05) is 84.0 Å². The van der Waals surface area contributed by atoms with E-state index >= 15 is 0 Å². The number of pyridine rings is 1. The van der Waals surface area contributed by atoms with E-state index in [1.54, 1.807) is 0 Å². The lowest BCUT2D eigenvalue weighted by Crippen LogP contribution is -2.27. The topological polar surface area (TPSA) is 33.5 Å². The molecule has 7 aromatic rings. The zero-order chi connectivity index (χ0) is 38.8. The van der Waals surface area contributed by atoms with Crippen LogP contribution in [0, 0.1) is 27.7 Å². The lowest BCUT2D eigenvalue weighted by Gasteiger charge is -2.27. The second kappa shape index (κ2) is 13.5. The molecular weight excluding hydrogens is 673 g/mol. The molecule has 5 aromatic carbocycles. The second-order valence-electron chi connectivity index (χ2n) is 17.4. The van der Waals surface area contributed by atoms with Crippen LogP contribution in [0.5, 0.6) is 11.5 Å². The van der Waals surface area contributed by atoms with Gasteiger partial charge in [-0.2, -0.15) is 0 Å². The summed E-state index contributed by atoms with van der Waals surface area (Å²) in [4.78, 5) is 9.71. The van der Waals surface area contributed by atoms with Crippen LogP contribution in [-0.2, 0) is 10.8 Å². The van der Waals surface area contributed by atoms with Crippen LogP contribution in [0.3, 0.4) is 0 Å². The third-order valence-corrected chi connectivity index (χ3v) is 10.9. The van der Waals surface area contributed by atoms with Gasteiger partial charge in [-0.3, -0.25) is 4.57 Å². The Labute approximate surface area is 326 Å². The van der Waals surface area contributed by atoms with Crippen molar-refractivity contribution in [2.45, 2.75) is 80.1 Å². The fraction of sp³-hybridized carbons (Fsp3) is 0.260. The summed E-state index contributed by atoms with van der Waals surface area (Å²) in [5, 5.41) is 2.36. The predicted octanol–water partition coefficient (Wildman–Crippen LogP) is 13.1. The van der Waals surface area contributed by atoms with Gasteiger partial charge < -0.3 is 14.5 Å². The van der Waals surface area contributed by atoms with Crippen LogP contribution < -0.4 is 14.5 Å². The quantitative estimate of drug-likeness (QED) is 0.171. The summed E-state index contributed by atoms with van der Waals surface area (Å²) in [6.07, 6.45) is 4.25. The van der Waals surface area contributed by atoms with Gasteiger partial charge in [0.25, 0.3) is 0 Å². The molecule has 0 saturated heterocycles. The summed E-state index contributed by atoms with van der Waals surface area (Å²) in [6, 6.07) is 39.5. The zero-order valence-corrected chi connectivity index (χ0v) is 34.0. The first-order chi connectivity index (χ1) is 26.1. The number of aryl methyl sites for hydroxylation is 4. The molecule has 1 aliphatic rings. The lowest BCUT2D eigenvalue weighted by molar-refractivity contribution is 0.479. The molecule has 0 saturated carbocycles. The van der Waals surface area contributed by atoms with Crippen molar-refractivity contribution in [3.8, 4) is 17.3 Å². The number of anilines is 2.